The molecule has 0 bridgehead atoms. The van der Waals surface area contributed by atoms with Crippen LogP contribution < -0.4 is 9.80 Å². The van der Waals surface area contributed by atoms with E-state index in [1.54, 1.807) is 23.2 Å². The van der Waals surface area contributed by atoms with Crippen molar-refractivity contribution in [3.63, 3.8) is 0 Å². The van der Waals surface area contributed by atoms with Crippen molar-refractivity contribution in [2.24, 2.45) is 0 Å². The van der Waals surface area contributed by atoms with Gasteiger partial charge in [0.15, 0.2) is 11.5 Å². The van der Waals surface area contributed by atoms with Crippen LogP contribution in [-0.2, 0) is 0 Å². The number of benzene rings is 1. The fraction of sp³-hybridized carbons (Fsp3) is 0.182. The molecule has 1 aliphatic rings. The Morgan fingerprint density at radius 1 is 0.774 bits per heavy atom. The summed E-state index contributed by atoms with van der Waals surface area (Å²) in [5.41, 5.74) is 2.66. The second-order valence-electron chi connectivity index (χ2n) is 7.42. The second-order valence-corrected chi connectivity index (χ2v) is 7.42. The van der Waals surface area contributed by atoms with Gasteiger partial charge in [-0.2, -0.15) is 4.52 Å². The maximum Gasteiger partial charge on any atom is 0.177 e. The molecule has 0 saturated carbocycles. The Balaban J connectivity index is 1.31. The molecule has 9 nitrogen and oxygen atoms in total. The number of piperazine rings is 1. The highest BCUT2D eigenvalue weighted by Gasteiger charge is 2.22. The second kappa shape index (κ2) is 7.28. The molecule has 0 unspecified atom stereocenters. The molecule has 1 saturated heterocycles. The lowest BCUT2D eigenvalue weighted by molar-refractivity contribution is 0.637. The van der Waals surface area contributed by atoms with Gasteiger partial charge in [-0.05, 0) is 36.4 Å². The highest BCUT2D eigenvalue weighted by molar-refractivity contribution is 5.91. The molecule has 9 heteroatoms. The van der Waals surface area contributed by atoms with E-state index in [9.17, 15) is 0 Å². The number of anilines is 2. The first kappa shape index (κ1) is 17.7. The highest BCUT2D eigenvalue weighted by atomic mass is 15.4. The molecule has 5 aromatic rings. The van der Waals surface area contributed by atoms with Crippen molar-refractivity contribution in [2.75, 3.05) is 36.0 Å². The first-order valence-corrected chi connectivity index (χ1v) is 10.2. The molecule has 0 radical (unpaired) electrons. The average molecular weight is 409 g/mol. The van der Waals surface area contributed by atoms with Gasteiger partial charge in [0.25, 0.3) is 0 Å². The van der Waals surface area contributed by atoms with Crippen molar-refractivity contribution in [3.8, 4) is 11.4 Å². The normalized spacial score (nSPS) is 14.5. The summed E-state index contributed by atoms with van der Waals surface area (Å²) >= 11 is 0. The van der Waals surface area contributed by atoms with E-state index >= 15 is 0 Å². The van der Waals surface area contributed by atoms with E-state index in [-0.39, 0.29) is 0 Å². The fourth-order valence-electron chi connectivity index (χ4n) is 3.97. The van der Waals surface area contributed by atoms with Crippen molar-refractivity contribution in [2.45, 2.75) is 0 Å². The molecule has 0 amide bonds. The van der Waals surface area contributed by atoms with Crippen molar-refractivity contribution in [3.05, 3.63) is 67.3 Å². The van der Waals surface area contributed by atoms with Gasteiger partial charge in [0.2, 0.25) is 0 Å². The smallest absolute Gasteiger partial charge is 0.177 e. The van der Waals surface area contributed by atoms with Crippen molar-refractivity contribution >= 4 is 28.2 Å². The lowest BCUT2D eigenvalue weighted by atomic mass is 10.2. The molecular weight excluding hydrogens is 390 g/mol. The number of hydrogen-bond acceptors (Lipinski definition) is 8. The van der Waals surface area contributed by atoms with E-state index in [2.05, 4.69) is 36.1 Å². The van der Waals surface area contributed by atoms with Crippen LogP contribution in [0.1, 0.15) is 0 Å². The van der Waals surface area contributed by atoms with Gasteiger partial charge in [-0.1, -0.05) is 12.1 Å². The minimum Gasteiger partial charge on any atom is -0.352 e. The molecule has 0 spiro atoms. The molecule has 1 fully saturated rings. The average Bonchev–Trinajstić information content (AvgIpc) is 3.32. The summed E-state index contributed by atoms with van der Waals surface area (Å²) < 4.78 is 1.71. The highest BCUT2D eigenvalue weighted by Crippen LogP contribution is 2.28. The number of para-hydroxylation sites is 1. The molecule has 5 heterocycles. The van der Waals surface area contributed by atoms with Gasteiger partial charge in [0.05, 0.1) is 5.52 Å². The zero-order valence-corrected chi connectivity index (χ0v) is 16.7. The van der Waals surface area contributed by atoms with Gasteiger partial charge in [-0.25, -0.2) is 9.97 Å². The SMILES string of the molecule is c1ccc2c(N3CCN(c4ccc5nncn5n4)CC3)nc(-c3ccncc3)nc2c1. The number of aromatic nitrogens is 7. The third-order valence-electron chi connectivity index (χ3n) is 5.57. The Morgan fingerprint density at radius 2 is 1.58 bits per heavy atom. The molecule has 152 valence electrons. The zero-order valence-electron chi connectivity index (χ0n) is 16.7. The van der Waals surface area contributed by atoms with Crippen molar-refractivity contribution in [1.29, 1.82) is 0 Å². The van der Waals surface area contributed by atoms with E-state index < -0.39 is 0 Å². The summed E-state index contributed by atoms with van der Waals surface area (Å²) in [5, 5.41) is 13.6. The fourth-order valence-corrected chi connectivity index (χ4v) is 3.97. The first-order chi connectivity index (χ1) is 15.3. The third-order valence-corrected chi connectivity index (χ3v) is 5.57. The Bertz CT molecular complexity index is 1360. The topological polar surface area (TPSA) is 88.2 Å². The van der Waals surface area contributed by atoms with Gasteiger partial charge in [0, 0.05) is 49.5 Å². The molecule has 1 aromatic carbocycles. The number of pyridine rings is 1. The van der Waals surface area contributed by atoms with Gasteiger partial charge in [-0.15, -0.1) is 15.3 Å². The third kappa shape index (κ3) is 3.20. The Hall–Kier alpha value is -4.14. The number of nitrogens with zero attached hydrogens (tertiary/aromatic N) is 9. The molecular formula is C22H19N9. The molecule has 0 N–H and O–H groups in total. The van der Waals surface area contributed by atoms with Crippen LogP contribution in [0.4, 0.5) is 11.6 Å². The lowest BCUT2D eigenvalue weighted by Gasteiger charge is -2.36. The lowest BCUT2D eigenvalue weighted by Crippen LogP contribution is -2.47. The molecule has 6 rings (SSSR count). The van der Waals surface area contributed by atoms with E-state index in [1.165, 1.54) is 0 Å². The van der Waals surface area contributed by atoms with Gasteiger partial charge in [-0.3, -0.25) is 4.98 Å². The standard InChI is InChI=1S/C22H19N9/c1-2-4-18-17(3-1)22(26-21(25-18)16-7-9-23-10-8-16)30-13-11-29(12-14-30)20-6-5-19-27-24-15-31(19)28-20/h1-10,15H,11-14H2. The molecule has 4 aromatic heterocycles. The van der Waals surface area contributed by atoms with E-state index in [1.807, 2.05) is 42.5 Å². The maximum absolute atomic E-state index is 4.96. The summed E-state index contributed by atoms with van der Waals surface area (Å²) in [6, 6.07) is 16.0. The van der Waals surface area contributed by atoms with Crippen molar-refractivity contribution in [1.82, 2.24) is 34.8 Å². The number of rotatable bonds is 3. The van der Waals surface area contributed by atoms with Crippen LogP contribution in [0, 0.1) is 0 Å². The summed E-state index contributed by atoms with van der Waals surface area (Å²) in [5.74, 6) is 2.62. The van der Waals surface area contributed by atoms with Crippen LogP contribution in [0.2, 0.25) is 0 Å². The van der Waals surface area contributed by atoms with Crippen molar-refractivity contribution < 1.29 is 0 Å². The van der Waals surface area contributed by atoms with Crippen LogP contribution in [0.5, 0.6) is 0 Å². The largest absolute Gasteiger partial charge is 0.352 e. The van der Waals surface area contributed by atoms with E-state index in [0.717, 1.165) is 65.8 Å². The number of fused-ring (bicyclic) bond motifs is 2. The van der Waals surface area contributed by atoms with Gasteiger partial charge >= 0.3 is 0 Å². The summed E-state index contributed by atoms with van der Waals surface area (Å²) in [6.45, 7) is 3.39. The first-order valence-electron chi connectivity index (χ1n) is 10.2. The molecule has 31 heavy (non-hydrogen) atoms. The van der Waals surface area contributed by atoms with Crippen LogP contribution in [0.15, 0.2) is 67.3 Å². The van der Waals surface area contributed by atoms with Gasteiger partial charge in [0.1, 0.15) is 18.0 Å². The zero-order chi connectivity index (χ0) is 20.6. The Morgan fingerprint density at radius 3 is 2.45 bits per heavy atom. The van der Waals surface area contributed by atoms with Crippen LogP contribution >= 0.6 is 0 Å². The van der Waals surface area contributed by atoms with Crippen LogP contribution in [-0.4, -0.2) is 60.9 Å². The number of hydrogen-bond donors (Lipinski definition) is 0. The maximum atomic E-state index is 4.96. The van der Waals surface area contributed by atoms with E-state index in [4.69, 9.17) is 9.97 Å². The predicted molar refractivity (Wildman–Crippen MR) is 118 cm³/mol. The van der Waals surface area contributed by atoms with Gasteiger partial charge < -0.3 is 9.80 Å². The minimum absolute atomic E-state index is 0.721. The van der Waals surface area contributed by atoms with Crippen LogP contribution in [0.3, 0.4) is 0 Å². The summed E-state index contributed by atoms with van der Waals surface area (Å²) in [6.07, 6.45) is 5.17. The van der Waals surface area contributed by atoms with E-state index in [0.29, 0.717) is 0 Å². The Labute approximate surface area is 178 Å². The summed E-state index contributed by atoms with van der Waals surface area (Å²) in [4.78, 5) is 18.5. The van der Waals surface area contributed by atoms with Crippen LogP contribution in [0.25, 0.3) is 27.9 Å². The molecule has 1 aliphatic heterocycles. The molecule has 0 aliphatic carbocycles. The monoisotopic (exact) mass is 409 g/mol. The predicted octanol–water partition coefficient (Wildman–Crippen LogP) is 2.46. The minimum atomic E-state index is 0.721. The summed E-state index contributed by atoms with van der Waals surface area (Å²) in [7, 11) is 0. The quantitative estimate of drug-likeness (QED) is 0.449. The molecule has 0 atom stereocenters. The Kier molecular flexibility index (Phi) is 4.15.